The van der Waals surface area contributed by atoms with E-state index in [0.717, 1.165) is 59.6 Å². The van der Waals surface area contributed by atoms with Crippen molar-refractivity contribution in [3.05, 3.63) is 65.7 Å². The third kappa shape index (κ3) is 4.44. The van der Waals surface area contributed by atoms with Gasteiger partial charge in [-0.15, -0.1) is 0 Å². The van der Waals surface area contributed by atoms with Gasteiger partial charge in [-0.25, -0.2) is 9.97 Å². The molecule has 3 aromatic heterocycles. The van der Waals surface area contributed by atoms with Crippen LogP contribution >= 0.6 is 0 Å². The van der Waals surface area contributed by atoms with Crippen molar-refractivity contribution in [1.82, 2.24) is 24.3 Å². The Morgan fingerprint density at radius 3 is 2.72 bits per heavy atom. The number of hydrogen-bond acceptors (Lipinski definition) is 6. The molecule has 1 amide bonds. The second-order valence-corrected chi connectivity index (χ2v) is 9.74. The number of aliphatic imine (C=N–C) groups is 1. The van der Waals surface area contributed by atoms with Crippen LogP contribution in [0.25, 0.3) is 22.2 Å². The minimum absolute atomic E-state index is 0.00154. The van der Waals surface area contributed by atoms with Crippen LogP contribution in [0.1, 0.15) is 19.0 Å². The van der Waals surface area contributed by atoms with Crippen LogP contribution in [0.3, 0.4) is 0 Å². The maximum Gasteiger partial charge on any atom is 0.271 e. The minimum atomic E-state index is -0.0348. The van der Waals surface area contributed by atoms with Gasteiger partial charge in [-0.3, -0.25) is 14.7 Å². The average molecular weight is 484 g/mol. The van der Waals surface area contributed by atoms with E-state index in [4.69, 9.17) is 4.99 Å². The van der Waals surface area contributed by atoms with Gasteiger partial charge in [0, 0.05) is 76.9 Å². The smallest absolute Gasteiger partial charge is 0.271 e. The third-order valence-corrected chi connectivity index (χ3v) is 7.11. The van der Waals surface area contributed by atoms with E-state index in [9.17, 15) is 4.79 Å². The van der Waals surface area contributed by atoms with Gasteiger partial charge in [0.05, 0.1) is 6.04 Å². The van der Waals surface area contributed by atoms with Gasteiger partial charge >= 0.3 is 0 Å². The molecule has 5 rings (SSSR count). The number of anilines is 1. The number of aryl methyl sites for hydroxylation is 1. The monoisotopic (exact) mass is 483 g/mol. The number of carbonyl (C=O) groups is 1. The summed E-state index contributed by atoms with van der Waals surface area (Å²) in [6, 6.07) is 8.41. The summed E-state index contributed by atoms with van der Waals surface area (Å²) in [6.07, 6.45) is 8.95. The first kappa shape index (κ1) is 23.9. The normalized spacial score (nSPS) is 18.1. The molecule has 0 bridgehead atoms. The highest BCUT2D eigenvalue weighted by Crippen LogP contribution is 2.31. The number of rotatable bonds is 6. The van der Waals surface area contributed by atoms with Crippen molar-refractivity contribution in [2.45, 2.75) is 25.9 Å². The highest BCUT2D eigenvalue weighted by molar-refractivity contribution is 6.44. The lowest BCUT2D eigenvalue weighted by molar-refractivity contribution is -0.121. The highest BCUT2D eigenvalue weighted by Gasteiger charge is 2.27. The van der Waals surface area contributed by atoms with Crippen molar-refractivity contribution in [2.24, 2.45) is 12.0 Å². The molecule has 2 aliphatic rings. The summed E-state index contributed by atoms with van der Waals surface area (Å²) in [5, 5.41) is 4.21. The molecule has 36 heavy (non-hydrogen) atoms. The molecule has 1 N–H and O–H groups in total. The molecule has 0 radical (unpaired) electrons. The fourth-order valence-corrected chi connectivity index (χ4v) is 5.02. The Hall–Kier alpha value is -3.78. The first-order chi connectivity index (χ1) is 17.4. The first-order valence-electron chi connectivity index (χ1n) is 12.3. The quantitative estimate of drug-likeness (QED) is 0.542. The number of aromatic nitrogens is 3. The Kier molecular flexibility index (Phi) is 6.45. The number of nitrogens with one attached hydrogen (secondary N) is 1. The molecule has 1 unspecified atom stereocenters. The van der Waals surface area contributed by atoms with Crippen LogP contribution in [-0.2, 0) is 18.4 Å². The van der Waals surface area contributed by atoms with E-state index in [1.54, 1.807) is 19.0 Å². The number of fused-ring (bicyclic) bond motifs is 1. The topological polar surface area (TPSA) is 78.7 Å². The minimum Gasteiger partial charge on any atom is -0.373 e. The molecule has 0 saturated heterocycles. The van der Waals surface area contributed by atoms with E-state index >= 15 is 0 Å². The predicted molar refractivity (Wildman–Crippen MR) is 145 cm³/mol. The van der Waals surface area contributed by atoms with Crippen LogP contribution in [0.4, 0.5) is 5.82 Å². The lowest BCUT2D eigenvalue weighted by Crippen LogP contribution is -2.31. The first-order valence-corrected chi connectivity index (χ1v) is 12.3. The van der Waals surface area contributed by atoms with E-state index in [1.807, 2.05) is 31.6 Å². The molecule has 3 aromatic rings. The van der Waals surface area contributed by atoms with Crippen LogP contribution in [0.15, 0.2) is 64.9 Å². The van der Waals surface area contributed by atoms with Crippen LogP contribution in [-0.4, -0.2) is 76.2 Å². The molecule has 0 saturated carbocycles. The summed E-state index contributed by atoms with van der Waals surface area (Å²) in [5.74, 6) is 0.817. The summed E-state index contributed by atoms with van der Waals surface area (Å²) in [5.41, 5.74) is 7.44. The summed E-state index contributed by atoms with van der Waals surface area (Å²) in [4.78, 5) is 30.3. The molecule has 0 aliphatic carbocycles. The van der Waals surface area contributed by atoms with Crippen molar-refractivity contribution in [1.29, 1.82) is 0 Å². The lowest BCUT2D eigenvalue weighted by atomic mass is 9.96. The van der Waals surface area contributed by atoms with E-state index < -0.39 is 0 Å². The van der Waals surface area contributed by atoms with E-state index in [1.165, 1.54) is 11.3 Å². The molecule has 8 heteroatoms. The highest BCUT2D eigenvalue weighted by atomic mass is 16.2. The Morgan fingerprint density at radius 1 is 1.22 bits per heavy atom. The standard InChI is InChI=1S/C28H33N7O/c1-18-14-24(28(36)33(3)4)32-26(18)19-9-12-35(13-10-19)17-21-15-23-22(8-11-30-27(23)34(21)5)20-6-7-25(29-2)31-16-20/h6-9,11,14-16,26H,10,12-13,17H2,1-5H3,(H,29,31). The number of pyridine rings is 2. The van der Waals surface area contributed by atoms with E-state index in [-0.39, 0.29) is 11.9 Å². The Morgan fingerprint density at radius 2 is 2.06 bits per heavy atom. The van der Waals surface area contributed by atoms with Gasteiger partial charge in [0.15, 0.2) is 0 Å². The molecule has 0 fully saturated rings. The third-order valence-electron chi connectivity index (χ3n) is 7.11. The predicted octanol–water partition coefficient (Wildman–Crippen LogP) is 3.67. The van der Waals surface area contributed by atoms with Crippen molar-refractivity contribution < 1.29 is 4.79 Å². The summed E-state index contributed by atoms with van der Waals surface area (Å²) >= 11 is 0. The zero-order valence-corrected chi connectivity index (χ0v) is 21.6. The number of nitrogens with zero attached hydrogens (tertiary/aromatic N) is 6. The van der Waals surface area contributed by atoms with Gasteiger partial charge in [-0.2, -0.15) is 0 Å². The van der Waals surface area contributed by atoms with Gasteiger partial charge in [-0.1, -0.05) is 6.08 Å². The second-order valence-electron chi connectivity index (χ2n) is 9.74. The molecule has 8 nitrogen and oxygen atoms in total. The molecule has 5 heterocycles. The van der Waals surface area contributed by atoms with Gasteiger partial charge in [0.25, 0.3) is 5.91 Å². The Labute approximate surface area is 212 Å². The number of carbonyl (C=O) groups excluding carboxylic acids is 1. The largest absolute Gasteiger partial charge is 0.373 e. The van der Waals surface area contributed by atoms with E-state index in [0.29, 0.717) is 5.71 Å². The fourth-order valence-electron chi connectivity index (χ4n) is 5.02. The summed E-state index contributed by atoms with van der Waals surface area (Å²) < 4.78 is 2.20. The van der Waals surface area contributed by atoms with Gasteiger partial charge < -0.3 is 14.8 Å². The van der Waals surface area contributed by atoms with Gasteiger partial charge in [0.1, 0.15) is 17.2 Å². The Balaban J connectivity index is 1.33. The summed E-state index contributed by atoms with van der Waals surface area (Å²) in [7, 11) is 7.49. The van der Waals surface area contributed by atoms with Crippen LogP contribution in [0, 0.1) is 0 Å². The molecular formula is C28H33N7O. The number of amides is 1. The molecule has 186 valence electrons. The van der Waals surface area contributed by atoms with Crippen LogP contribution in [0.5, 0.6) is 0 Å². The molecule has 2 aliphatic heterocycles. The van der Waals surface area contributed by atoms with Crippen LogP contribution < -0.4 is 5.32 Å². The number of hydrogen-bond donors (Lipinski definition) is 1. The van der Waals surface area contributed by atoms with Gasteiger partial charge in [0.2, 0.25) is 0 Å². The van der Waals surface area contributed by atoms with Crippen molar-refractivity contribution in [3.63, 3.8) is 0 Å². The zero-order valence-electron chi connectivity index (χ0n) is 21.6. The van der Waals surface area contributed by atoms with Gasteiger partial charge in [-0.05, 0) is 60.4 Å². The zero-order chi connectivity index (χ0) is 25.4. The maximum atomic E-state index is 12.3. The Bertz CT molecular complexity index is 1400. The molecule has 0 spiro atoms. The SMILES string of the molecule is CNc1ccc(-c2ccnc3c2cc(CN2CC=C(C4N=C(C(=O)N(C)C)C=C4C)CC2)n3C)cn1. The second kappa shape index (κ2) is 9.70. The maximum absolute atomic E-state index is 12.3. The average Bonchev–Trinajstić information content (AvgIpc) is 3.43. The van der Waals surface area contributed by atoms with Crippen LogP contribution in [0.2, 0.25) is 0 Å². The molecular weight excluding hydrogens is 450 g/mol. The molecule has 1 atom stereocenters. The van der Waals surface area contributed by atoms with Crippen molar-refractivity contribution >= 4 is 28.5 Å². The molecule has 0 aromatic carbocycles. The van der Waals surface area contributed by atoms with E-state index in [2.05, 4.69) is 63.0 Å². The summed E-state index contributed by atoms with van der Waals surface area (Å²) in [6.45, 7) is 4.74. The van der Waals surface area contributed by atoms with Crippen molar-refractivity contribution in [2.75, 3.05) is 39.5 Å². The van der Waals surface area contributed by atoms with Crippen molar-refractivity contribution in [3.8, 4) is 11.1 Å². The fraction of sp³-hybridized carbons (Fsp3) is 0.357. The lowest BCUT2D eigenvalue weighted by Gasteiger charge is -2.28.